The van der Waals surface area contributed by atoms with Gasteiger partial charge in [-0.2, -0.15) is 0 Å². The van der Waals surface area contributed by atoms with E-state index in [1.165, 1.54) is 6.07 Å². The Balaban J connectivity index is 2.70. The number of carbonyl (C=O) groups excluding carboxylic acids is 1. The molecule has 0 saturated carbocycles. The number of aromatic nitrogens is 1. The molecule has 3 N–H and O–H groups in total. The summed E-state index contributed by atoms with van der Waals surface area (Å²) in [5.74, 6) is -0.412. The first kappa shape index (κ1) is 11.5. The van der Waals surface area contributed by atoms with E-state index in [1.807, 2.05) is 0 Å². The van der Waals surface area contributed by atoms with Crippen LogP contribution in [0.5, 0.6) is 0 Å². The molecule has 1 heterocycles. The number of aliphatic hydroxyl groups excluding tert-OH is 1. The summed E-state index contributed by atoms with van der Waals surface area (Å²) in [6, 6.07) is 3.16. The lowest BCUT2D eigenvalue weighted by Crippen LogP contribution is -2.30. The maximum atomic E-state index is 11.4. The molecule has 15 heavy (non-hydrogen) atoms. The molecule has 0 aliphatic rings. The summed E-state index contributed by atoms with van der Waals surface area (Å²) in [4.78, 5) is 25.3. The zero-order valence-electron chi connectivity index (χ0n) is 8.54. The third kappa shape index (κ3) is 3.21. The zero-order chi connectivity index (χ0) is 11.3. The maximum Gasteiger partial charge on any atom is 0.260 e. The predicted molar refractivity (Wildman–Crippen MR) is 55.8 cm³/mol. The van der Waals surface area contributed by atoms with E-state index in [0.29, 0.717) is 18.7 Å². The fraction of sp³-hybridized carbons (Fsp3) is 0.400. The van der Waals surface area contributed by atoms with Gasteiger partial charge in [-0.05, 0) is 25.5 Å². The Bertz CT molecular complexity index is 398. The van der Waals surface area contributed by atoms with Crippen molar-refractivity contribution in [2.45, 2.75) is 13.3 Å². The fourth-order valence-electron chi connectivity index (χ4n) is 1.13. The van der Waals surface area contributed by atoms with Crippen LogP contribution in [-0.2, 0) is 0 Å². The highest BCUT2D eigenvalue weighted by atomic mass is 16.3. The van der Waals surface area contributed by atoms with E-state index in [0.717, 1.165) is 0 Å². The van der Waals surface area contributed by atoms with Crippen LogP contribution in [0.15, 0.2) is 16.9 Å². The lowest BCUT2D eigenvalue weighted by Gasteiger charge is -2.03. The molecule has 1 rings (SSSR count). The smallest absolute Gasteiger partial charge is 0.260 e. The molecule has 82 valence electrons. The van der Waals surface area contributed by atoms with E-state index in [-0.39, 0.29) is 12.2 Å². The first-order valence-corrected chi connectivity index (χ1v) is 4.74. The number of amides is 1. The third-order valence-corrected chi connectivity index (χ3v) is 1.92. The number of rotatable bonds is 4. The molecule has 0 aromatic carbocycles. The predicted octanol–water partition coefficient (Wildman–Crippen LogP) is -0.204. The molecule has 0 aliphatic heterocycles. The number of aliphatic hydroxyl groups is 1. The Morgan fingerprint density at radius 1 is 1.53 bits per heavy atom. The van der Waals surface area contributed by atoms with Crippen LogP contribution < -0.4 is 10.9 Å². The van der Waals surface area contributed by atoms with Gasteiger partial charge in [0.1, 0.15) is 5.56 Å². The minimum atomic E-state index is -0.412. The third-order valence-electron chi connectivity index (χ3n) is 1.92. The number of H-pyrrole nitrogens is 1. The topological polar surface area (TPSA) is 82.2 Å². The van der Waals surface area contributed by atoms with Crippen molar-refractivity contribution in [3.8, 4) is 0 Å². The fourth-order valence-corrected chi connectivity index (χ4v) is 1.13. The van der Waals surface area contributed by atoms with Crippen molar-refractivity contribution < 1.29 is 9.90 Å². The summed E-state index contributed by atoms with van der Waals surface area (Å²) < 4.78 is 0. The van der Waals surface area contributed by atoms with Gasteiger partial charge in [-0.15, -0.1) is 0 Å². The Morgan fingerprint density at radius 2 is 2.27 bits per heavy atom. The molecule has 0 atom stereocenters. The molecule has 0 unspecified atom stereocenters. The summed E-state index contributed by atoms with van der Waals surface area (Å²) in [7, 11) is 0. The molecule has 0 radical (unpaired) electrons. The van der Waals surface area contributed by atoms with Gasteiger partial charge in [0.05, 0.1) is 0 Å². The Labute approximate surface area is 87.1 Å². The quantitative estimate of drug-likeness (QED) is 0.602. The maximum absolute atomic E-state index is 11.4. The van der Waals surface area contributed by atoms with Crippen LogP contribution in [0.1, 0.15) is 22.5 Å². The van der Waals surface area contributed by atoms with Crippen molar-refractivity contribution in [1.82, 2.24) is 10.3 Å². The molecule has 0 saturated heterocycles. The van der Waals surface area contributed by atoms with Gasteiger partial charge < -0.3 is 15.4 Å². The molecular weight excluding hydrogens is 196 g/mol. The Morgan fingerprint density at radius 3 is 2.87 bits per heavy atom. The highest BCUT2D eigenvalue weighted by Gasteiger charge is 2.08. The van der Waals surface area contributed by atoms with Crippen molar-refractivity contribution in [1.29, 1.82) is 0 Å². The lowest BCUT2D eigenvalue weighted by molar-refractivity contribution is 0.0949. The minimum absolute atomic E-state index is 0.0184. The van der Waals surface area contributed by atoms with E-state index >= 15 is 0 Å². The van der Waals surface area contributed by atoms with Crippen LogP contribution in [-0.4, -0.2) is 29.1 Å². The minimum Gasteiger partial charge on any atom is -0.396 e. The number of pyridine rings is 1. The van der Waals surface area contributed by atoms with Crippen molar-refractivity contribution in [2.75, 3.05) is 13.2 Å². The Kier molecular flexibility index (Phi) is 4.05. The van der Waals surface area contributed by atoms with Crippen molar-refractivity contribution in [3.63, 3.8) is 0 Å². The van der Waals surface area contributed by atoms with Gasteiger partial charge in [0, 0.05) is 18.8 Å². The molecule has 5 nitrogen and oxygen atoms in total. The second-order valence-corrected chi connectivity index (χ2v) is 3.22. The van der Waals surface area contributed by atoms with Crippen LogP contribution in [0, 0.1) is 6.92 Å². The summed E-state index contributed by atoms with van der Waals surface area (Å²) in [5.41, 5.74) is 0.418. The first-order valence-electron chi connectivity index (χ1n) is 4.74. The number of aryl methyl sites for hydroxylation is 1. The molecular formula is C10H14N2O3. The van der Waals surface area contributed by atoms with Crippen LogP contribution in [0.4, 0.5) is 0 Å². The Hall–Kier alpha value is -1.62. The van der Waals surface area contributed by atoms with Gasteiger partial charge in [-0.1, -0.05) is 0 Å². The summed E-state index contributed by atoms with van der Waals surface area (Å²) in [6.07, 6.45) is 0.482. The number of aromatic amines is 1. The number of carbonyl (C=O) groups is 1. The molecule has 0 spiro atoms. The van der Waals surface area contributed by atoms with Gasteiger partial charge >= 0.3 is 0 Å². The molecule has 0 fully saturated rings. The van der Waals surface area contributed by atoms with E-state index in [4.69, 9.17) is 5.11 Å². The highest BCUT2D eigenvalue weighted by Crippen LogP contribution is 1.93. The monoisotopic (exact) mass is 210 g/mol. The lowest BCUT2D eigenvalue weighted by atomic mass is 10.2. The number of hydrogen-bond acceptors (Lipinski definition) is 3. The van der Waals surface area contributed by atoms with Crippen molar-refractivity contribution >= 4 is 5.91 Å². The van der Waals surface area contributed by atoms with Gasteiger partial charge in [0.25, 0.3) is 11.5 Å². The van der Waals surface area contributed by atoms with E-state index in [9.17, 15) is 9.59 Å². The molecule has 0 bridgehead atoms. The van der Waals surface area contributed by atoms with Crippen LogP contribution >= 0.6 is 0 Å². The zero-order valence-corrected chi connectivity index (χ0v) is 8.54. The van der Waals surface area contributed by atoms with E-state index in [1.54, 1.807) is 13.0 Å². The second kappa shape index (κ2) is 5.31. The average molecular weight is 210 g/mol. The summed E-state index contributed by atoms with van der Waals surface area (Å²) in [6.45, 7) is 2.13. The van der Waals surface area contributed by atoms with E-state index < -0.39 is 11.5 Å². The second-order valence-electron chi connectivity index (χ2n) is 3.22. The van der Waals surface area contributed by atoms with Crippen molar-refractivity contribution in [2.24, 2.45) is 0 Å². The number of hydrogen-bond donors (Lipinski definition) is 3. The van der Waals surface area contributed by atoms with Gasteiger partial charge in [-0.3, -0.25) is 9.59 Å². The van der Waals surface area contributed by atoms with Crippen LogP contribution in [0.2, 0.25) is 0 Å². The summed E-state index contributed by atoms with van der Waals surface area (Å²) >= 11 is 0. The molecule has 1 amide bonds. The SMILES string of the molecule is Cc1ccc(C(=O)NCCCO)c(=O)[nH]1. The number of nitrogens with one attached hydrogen (secondary N) is 2. The van der Waals surface area contributed by atoms with E-state index in [2.05, 4.69) is 10.3 Å². The average Bonchev–Trinajstić information content (AvgIpc) is 2.17. The van der Waals surface area contributed by atoms with Crippen molar-refractivity contribution in [3.05, 3.63) is 33.7 Å². The first-order chi connectivity index (χ1) is 7.15. The molecule has 1 aromatic heterocycles. The molecule has 1 aromatic rings. The van der Waals surface area contributed by atoms with Gasteiger partial charge in [-0.25, -0.2) is 0 Å². The summed E-state index contributed by atoms with van der Waals surface area (Å²) in [5, 5.41) is 11.1. The molecule has 0 aliphatic carbocycles. The van der Waals surface area contributed by atoms with Gasteiger partial charge in [0.15, 0.2) is 0 Å². The van der Waals surface area contributed by atoms with Crippen LogP contribution in [0.25, 0.3) is 0 Å². The normalized spacial score (nSPS) is 10.0. The standard InChI is InChI=1S/C10H14N2O3/c1-7-3-4-8(10(15)12-7)9(14)11-5-2-6-13/h3-4,13H,2,5-6H2,1H3,(H,11,14)(H,12,15). The highest BCUT2D eigenvalue weighted by molar-refractivity contribution is 5.93. The largest absolute Gasteiger partial charge is 0.396 e. The molecule has 5 heteroatoms. The van der Waals surface area contributed by atoms with Crippen LogP contribution in [0.3, 0.4) is 0 Å². The van der Waals surface area contributed by atoms with Gasteiger partial charge in [0.2, 0.25) is 0 Å².